The molecule has 212 valence electrons. The Morgan fingerprint density at radius 1 is 1.12 bits per heavy atom. The van der Waals surface area contributed by atoms with E-state index in [1.807, 2.05) is 0 Å². The summed E-state index contributed by atoms with van der Waals surface area (Å²) in [4.78, 5) is 17.7. The van der Waals surface area contributed by atoms with Crippen LogP contribution in [0, 0.1) is 24.5 Å². The minimum Gasteiger partial charge on any atom is -0.390 e. The number of thiazole rings is 1. The quantitative estimate of drug-likeness (QED) is 0.203. The maximum atomic E-state index is 14.2. The number of sulfone groups is 1. The third-order valence-corrected chi connectivity index (χ3v) is 8.84. The Morgan fingerprint density at radius 3 is 2.52 bits per heavy atom. The molecule has 6 N–H and O–H groups in total. The minimum absolute atomic E-state index is 0.0504. The first-order chi connectivity index (χ1) is 18.9. The zero-order chi connectivity index (χ0) is 28.8. The van der Waals surface area contributed by atoms with Crippen LogP contribution in [0.1, 0.15) is 17.7 Å². The minimum atomic E-state index is -3.41. The van der Waals surface area contributed by atoms with Gasteiger partial charge in [0.1, 0.15) is 43.9 Å². The highest BCUT2D eigenvalue weighted by Gasteiger charge is 2.43. The number of halogens is 2. The molecule has 0 bridgehead atoms. The summed E-state index contributed by atoms with van der Waals surface area (Å²) in [6.45, 7) is 1.47. The molecule has 40 heavy (non-hydrogen) atoms. The number of hydrogen-bond acceptors (Lipinski definition) is 12. The normalized spacial score (nSPS) is 21.1. The van der Waals surface area contributed by atoms with Crippen LogP contribution >= 0.6 is 11.3 Å². The molecule has 15 heteroatoms. The van der Waals surface area contributed by atoms with Crippen LogP contribution in [0.3, 0.4) is 0 Å². The van der Waals surface area contributed by atoms with E-state index >= 15 is 0 Å². The summed E-state index contributed by atoms with van der Waals surface area (Å²) in [5.41, 5.74) is 7.25. The molecule has 11 nitrogen and oxygen atoms in total. The highest BCUT2D eigenvalue weighted by molar-refractivity contribution is 7.90. The van der Waals surface area contributed by atoms with Gasteiger partial charge in [-0.1, -0.05) is 6.07 Å². The van der Waals surface area contributed by atoms with Gasteiger partial charge in [-0.3, -0.25) is 0 Å². The van der Waals surface area contributed by atoms with E-state index < -0.39 is 45.6 Å². The van der Waals surface area contributed by atoms with Crippen molar-refractivity contribution < 1.29 is 27.4 Å². The van der Waals surface area contributed by atoms with Gasteiger partial charge in [-0.2, -0.15) is 4.98 Å². The molecular weight excluding hydrogens is 564 g/mol. The second kappa shape index (κ2) is 10.8. The van der Waals surface area contributed by atoms with Gasteiger partial charge in [0, 0.05) is 30.5 Å². The Morgan fingerprint density at radius 2 is 1.85 bits per heavy atom. The van der Waals surface area contributed by atoms with Crippen molar-refractivity contribution in [3.8, 4) is 10.6 Å². The molecule has 1 aromatic carbocycles. The lowest BCUT2D eigenvalue weighted by Gasteiger charge is -2.21. The summed E-state index contributed by atoms with van der Waals surface area (Å²) in [6.07, 6.45) is 0.234. The van der Waals surface area contributed by atoms with Crippen molar-refractivity contribution in [2.24, 2.45) is 5.92 Å². The Balaban J connectivity index is 1.53. The number of aliphatic hydroxyl groups excluding tert-OH is 2. The average molecular weight is 592 g/mol. The number of benzene rings is 1. The molecule has 5 rings (SSSR count). The molecule has 1 unspecified atom stereocenters. The van der Waals surface area contributed by atoms with Gasteiger partial charge in [0.15, 0.2) is 5.82 Å². The van der Waals surface area contributed by atoms with Crippen LogP contribution in [0.2, 0.25) is 0 Å². The highest BCUT2D eigenvalue weighted by atomic mass is 32.2. The van der Waals surface area contributed by atoms with Crippen LogP contribution in [-0.4, -0.2) is 68.8 Å². The van der Waals surface area contributed by atoms with Gasteiger partial charge >= 0.3 is 0 Å². The first-order valence-electron chi connectivity index (χ1n) is 12.3. The van der Waals surface area contributed by atoms with Crippen molar-refractivity contribution >= 4 is 49.0 Å². The number of nitrogen functional groups attached to an aromatic ring is 1. The number of anilines is 3. The number of hydrogen-bond donors (Lipinski definition) is 5. The summed E-state index contributed by atoms with van der Waals surface area (Å²) in [5.74, 6) is -1.90. The number of aliphatic hydroxyl groups is 2. The van der Waals surface area contributed by atoms with Crippen LogP contribution in [0.25, 0.3) is 20.8 Å². The van der Waals surface area contributed by atoms with Crippen molar-refractivity contribution in [2.75, 3.05) is 28.4 Å². The maximum Gasteiger partial charge on any atom is 0.225 e. The Bertz CT molecular complexity index is 1670. The average Bonchev–Trinajstić information content (AvgIpc) is 3.40. The van der Waals surface area contributed by atoms with Crippen LogP contribution in [0.4, 0.5) is 26.4 Å². The first kappa shape index (κ1) is 28.0. The Labute approximate surface area is 232 Å². The molecule has 4 aromatic rings. The van der Waals surface area contributed by atoms with E-state index in [9.17, 15) is 27.4 Å². The number of nitrogens with two attached hydrogens (primary N) is 1. The van der Waals surface area contributed by atoms with E-state index in [0.717, 1.165) is 23.1 Å². The second-order valence-electron chi connectivity index (χ2n) is 9.79. The van der Waals surface area contributed by atoms with Gasteiger partial charge in [0.05, 0.1) is 33.9 Å². The molecule has 1 aliphatic rings. The first-order valence-corrected chi connectivity index (χ1v) is 15.2. The lowest BCUT2D eigenvalue weighted by atomic mass is 10.1. The number of rotatable bonds is 8. The second-order valence-corrected chi connectivity index (χ2v) is 13.0. The summed E-state index contributed by atoms with van der Waals surface area (Å²) >= 11 is 1.32. The van der Waals surface area contributed by atoms with E-state index in [0.29, 0.717) is 21.8 Å². The van der Waals surface area contributed by atoms with Gasteiger partial charge in [-0.05, 0) is 31.5 Å². The predicted molar refractivity (Wildman–Crippen MR) is 149 cm³/mol. The lowest BCUT2D eigenvalue weighted by Crippen LogP contribution is -2.36. The molecule has 4 atom stereocenters. The molecule has 1 aliphatic carbocycles. The summed E-state index contributed by atoms with van der Waals surface area (Å²) in [7, 11) is -3.41. The molecular formula is C25H27F2N7O4S2. The topological polar surface area (TPSA) is 176 Å². The van der Waals surface area contributed by atoms with Crippen LogP contribution in [0.15, 0.2) is 30.5 Å². The van der Waals surface area contributed by atoms with Gasteiger partial charge in [0.2, 0.25) is 5.95 Å². The molecule has 3 aromatic heterocycles. The Hall–Kier alpha value is -3.53. The summed E-state index contributed by atoms with van der Waals surface area (Å²) < 4.78 is 52.9. The van der Waals surface area contributed by atoms with Crippen molar-refractivity contribution in [1.29, 1.82) is 0 Å². The number of pyridine rings is 1. The van der Waals surface area contributed by atoms with Crippen LogP contribution in [-0.2, 0) is 16.4 Å². The van der Waals surface area contributed by atoms with Crippen molar-refractivity contribution in [2.45, 2.75) is 38.1 Å². The predicted octanol–water partition coefficient (Wildman–Crippen LogP) is 2.50. The number of aromatic nitrogens is 4. The SMILES string of the molecule is Cc1nc(NCc2c(F)cccc2F)nc(NC2C[C@H](CS(C)(=O)=O)[C@@H](O)[C@H]2O)c1-c1nc2c(N)nccc2s1. The van der Waals surface area contributed by atoms with Gasteiger partial charge in [-0.15, -0.1) is 11.3 Å². The van der Waals surface area contributed by atoms with Crippen molar-refractivity contribution in [3.63, 3.8) is 0 Å². The number of nitrogens with one attached hydrogen (secondary N) is 2. The van der Waals surface area contributed by atoms with Crippen molar-refractivity contribution in [3.05, 3.63) is 53.4 Å². The maximum absolute atomic E-state index is 14.2. The molecule has 0 amide bonds. The molecule has 1 fully saturated rings. The monoisotopic (exact) mass is 591 g/mol. The third-order valence-electron chi connectivity index (χ3n) is 6.77. The van der Waals surface area contributed by atoms with Crippen molar-refractivity contribution in [1.82, 2.24) is 19.9 Å². The molecule has 0 radical (unpaired) electrons. The fraction of sp³-hybridized carbons (Fsp3) is 0.360. The molecule has 0 saturated heterocycles. The van der Waals surface area contributed by atoms with E-state index in [1.54, 1.807) is 19.2 Å². The molecule has 0 spiro atoms. The fourth-order valence-electron chi connectivity index (χ4n) is 4.86. The number of nitrogens with zero attached hydrogens (tertiary/aromatic N) is 4. The van der Waals surface area contributed by atoms with Gasteiger partial charge < -0.3 is 26.6 Å². The van der Waals surface area contributed by atoms with Crippen LogP contribution < -0.4 is 16.4 Å². The zero-order valence-corrected chi connectivity index (χ0v) is 23.1. The summed E-state index contributed by atoms with van der Waals surface area (Å²) in [5, 5.41) is 27.8. The number of fused-ring (bicyclic) bond motifs is 1. The zero-order valence-electron chi connectivity index (χ0n) is 21.5. The molecule has 0 aliphatic heterocycles. The Kier molecular flexibility index (Phi) is 7.56. The van der Waals surface area contributed by atoms with E-state index in [1.165, 1.54) is 17.4 Å². The smallest absolute Gasteiger partial charge is 0.225 e. The van der Waals surface area contributed by atoms with Gasteiger partial charge in [-0.25, -0.2) is 32.2 Å². The third kappa shape index (κ3) is 5.68. The number of aryl methyl sites for hydroxylation is 1. The lowest BCUT2D eigenvalue weighted by molar-refractivity contribution is 0.0216. The standard InChI is InChI=1S/C25H27F2N7O4S2/c1-11-18(24-33-19-17(39-24)6-7-29-22(19)28)23(32-16-8-12(10-40(2,37)38)20(35)21(16)36)34-25(31-11)30-9-13-14(26)4-3-5-15(13)27/h3-7,12,16,20-21,35-36H,8-10H2,1-2H3,(H2,28,29)(H2,30,31,32,34)/t12-,16?,20-,21+/m1/s1. The highest BCUT2D eigenvalue weighted by Crippen LogP contribution is 2.39. The molecule has 3 heterocycles. The van der Waals surface area contributed by atoms with E-state index in [-0.39, 0.29) is 41.9 Å². The van der Waals surface area contributed by atoms with E-state index in [4.69, 9.17) is 5.73 Å². The van der Waals surface area contributed by atoms with E-state index in [2.05, 4.69) is 30.6 Å². The fourth-order valence-corrected chi connectivity index (χ4v) is 7.04. The van der Waals surface area contributed by atoms with Crippen LogP contribution in [0.5, 0.6) is 0 Å². The van der Waals surface area contributed by atoms with Gasteiger partial charge in [0.25, 0.3) is 0 Å². The largest absolute Gasteiger partial charge is 0.390 e. The molecule has 1 saturated carbocycles. The summed E-state index contributed by atoms with van der Waals surface area (Å²) in [6, 6.07) is 4.57.